The Hall–Kier alpha value is -1.48. The number of thiazole rings is 1. The van der Waals surface area contributed by atoms with E-state index in [4.69, 9.17) is 16.7 Å². The minimum Gasteiger partial charge on any atom is -0.476 e. The lowest BCUT2D eigenvalue weighted by atomic mass is 10.2. The minimum absolute atomic E-state index is 0.108. The van der Waals surface area contributed by atoms with E-state index in [0.717, 1.165) is 21.2 Å². The summed E-state index contributed by atoms with van der Waals surface area (Å²) in [5.41, 5.74) is 1.49. The Kier molecular flexibility index (Phi) is 4.62. The van der Waals surface area contributed by atoms with Gasteiger partial charge < -0.3 is 5.11 Å². The number of sulfonamides is 1. The van der Waals surface area contributed by atoms with Crippen LogP contribution in [0.3, 0.4) is 0 Å². The highest BCUT2D eigenvalue weighted by molar-refractivity contribution is 7.91. The number of carboxylic acids is 1. The van der Waals surface area contributed by atoms with Gasteiger partial charge in [0.2, 0.25) is 0 Å². The smallest absolute Gasteiger partial charge is 0.356 e. The molecule has 2 aromatic rings. The normalized spacial score (nSPS) is 11.8. The zero-order valence-electron chi connectivity index (χ0n) is 10.9. The van der Waals surface area contributed by atoms with Gasteiger partial charge in [0.05, 0.1) is 5.51 Å². The third kappa shape index (κ3) is 3.41. The highest BCUT2D eigenvalue weighted by Gasteiger charge is 2.29. The summed E-state index contributed by atoms with van der Waals surface area (Å²) in [4.78, 5) is 14.6. The molecule has 0 fully saturated rings. The first-order valence-corrected chi connectivity index (χ1v) is 8.39. The average molecular weight is 347 g/mol. The van der Waals surface area contributed by atoms with Gasteiger partial charge in [0, 0.05) is 18.6 Å². The number of aromatic carboxylic acids is 1. The number of rotatable bonds is 5. The quantitative estimate of drug-likeness (QED) is 0.897. The van der Waals surface area contributed by atoms with Gasteiger partial charge in [0.15, 0.2) is 9.90 Å². The molecule has 1 heterocycles. The first kappa shape index (κ1) is 15.9. The first-order chi connectivity index (χ1) is 9.82. The van der Waals surface area contributed by atoms with Crippen LogP contribution in [0.1, 0.15) is 16.1 Å². The van der Waals surface area contributed by atoms with Gasteiger partial charge in [0.1, 0.15) is 0 Å². The fourth-order valence-electron chi connectivity index (χ4n) is 1.63. The van der Waals surface area contributed by atoms with Crippen LogP contribution in [0.15, 0.2) is 34.0 Å². The highest BCUT2D eigenvalue weighted by Crippen LogP contribution is 2.24. The number of hydrogen-bond acceptors (Lipinski definition) is 5. The summed E-state index contributed by atoms with van der Waals surface area (Å²) >= 11 is 6.55. The molecule has 112 valence electrons. The lowest BCUT2D eigenvalue weighted by molar-refractivity contribution is 0.0687. The van der Waals surface area contributed by atoms with E-state index in [1.54, 1.807) is 24.3 Å². The fourth-order valence-corrected chi connectivity index (χ4v) is 4.25. The lowest BCUT2D eigenvalue weighted by Crippen LogP contribution is -2.27. The van der Waals surface area contributed by atoms with Gasteiger partial charge in [-0.2, -0.15) is 4.31 Å². The Labute approximate surface area is 130 Å². The van der Waals surface area contributed by atoms with E-state index < -0.39 is 21.7 Å². The maximum Gasteiger partial charge on any atom is 0.356 e. The molecule has 0 aliphatic rings. The molecule has 0 amide bonds. The van der Waals surface area contributed by atoms with Gasteiger partial charge in [-0.15, -0.1) is 11.3 Å². The number of hydrogen-bond donors (Lipinski definition) is 1. The second kappa shape index (κ2) is 6.10. The summed E-state index contributed by atoms with van der Waals surface area (Å²) < 4.78 is 25.6. The Morgan fingerprint density at radius 3 is 2.57 bits per heavy atom. The predicted octanol–water partition coefficient (Wildman–Crippen LogP) is 2.32. The van der Waals surface area contributed by atoms with E-state index in [0.29, 0.717) is 5.02 Å². The molecular formula is C12H11ClN2O4S2. The molecule has 0 spiro atoms. The first-order valence-electron chi connectivity index (χ1n) is 5.70. The Morgan fingerprint density at radius 2 is 2.00 bits per heavy atom. The molecule has 9 heteroatoms. The van der Waals surface area contributed by atoms with Crippen LogP contribution in [0, 0.1) is 0 Å². The van der Waals surface area contributed by atoms with Crippen LogP contribution in [0.25, 0.3) is 0 Å². The number of nitrogens with zero attached hydrogens (tertiary/aromatic N) is 2. The monoisotopic (exact) mass is 346 g/mol. The maximum absolute atomic E-state index is 12.4. The molecule has 0 saturated heterocycles. The standard InChI is InChI=1S/C12H11ClN2O4S2/c1-15(6-8-2-4-9(13)5-3-8)21(18,19)12-10(11(16)17)14-7-20-12/h2-5,7H,6H2,1H3,(H,16,17). The molecule has 0 saturated carbocycles. The van der Waals surface area contributed by atoms with E-state index >= 15 is 0 Å². The SMILES string of the molecule is CN(Cc1ccc(Cl)cc1)S(=O)(=O)c1scnc1C(=O)O. The molecule has 21 heavy (non-hydrogen) atoms. The van der Waals surface area contributed by atoms with Crippen molar-refractivity contribution in [3.63, 3.8) is 0 Å². The van der Waals surface area contributed by atoms with Crippen LogP contribution in [0.5, 0.6) is 0 Å². The number of aromatic nitrogens is 1. The van der Waals surface area contributed by atoms with Crippen molar-refractivity contribution in [3.8, 4) is 0 Å². The van der Waals surface area contributed by atoms with Crippen molar-refractivity contribution in [1.82, 2.24) is 9.29 Å². The van der Waals surface area contributed by atoms with E-state index in [1.807, 2.05) is 0 Å². The van der Waals surface area contributed by atoms with E-state index in [2.05, 4.69) is 4.98 Å². The van der Waals surface area contributed by atoms with Gasteiger partial charge in [0.25, 0.3) is 10.0 Å². The molecule has 0 bridgehead atoms. The van der Waals surface area contributed by atoms with Crippen LogP contribution in [0.4, 0.5) is 0 Å². The molecule has 1 aromatic heterocycles. The largest absolute Gasteiger partial charge is 0.476 e. The summed E-state index contributed by atoms with van der Waals surface area (Å²) in [6.45, 7) is 0.108. The second-order valence-corrected chi connectivity index (χ2v) is 7.71. The van der Waals surface area contributed by atoms with E-state index in [9.17, 15) is 13.2 Å². The van der Waals surface area contributed by atoms with Crippen molar-refractivity contribution < 1.29 is 18.3 Å². The molecule has 0 unspecified atom stereocenters. The highest BCUT2D eigenvalue weighted by atomic mass is 35.5. The van der Waals surface area contributed by atoms with Gasteiger partial charge >= 0.3 is 5.97 Å². The third-order valence-electron chi connectivity index (χ3n) is 2.70. The lowest BCUT2D eigenvalue weighted by Gasteiger charge is -2.16. The number of carbonyl (C=O) groups is 1. The topological polar surface area (TPSA) is 87.6 Å². The zero-order chi connectivity index (χ0) is 15.6. The molecule has 0 aliphatic carbocycles. The number of halogens is 1. The van der Waals surface area contributed by atoms with Gasteiger partial charge in [-0.3, -0.25) is 0 Å². The van der Waals surface area contributed by atoms with Crippen LogP contribution >= 0.6 is 22.9 Å². The summed E-state index contributed by atoms with van der Waals surface area (Å²) in [5, 5.41) is 9.52. The van der Waals surface area contributed by atoms with E-state index in [1.165, 1.54) is 12.6 Å². The molecule has 1 aromatic carbocycles. The third-order valence-corrected chi connectivity index (χ3v) is 6.10. The van der Waals surface area contributed by atoms with Crippen molar-refractivity contribution >= 4 is 38.9 Å². The molecule has 0 atom stereocenters. The Bertz CT molecular complexity index is 756. The van der Waals surface area contributed by atoms with Gasteiger partial charge in [-0.05, 0) is 17.7 Å². The average Bonchev–Trinajstić information content (AvgIpc) is 2.91. The predicted molar refractivity (Wildman–Crippen MR) is 79.2 cm³/mol. The summed E-state index contributed by atoms with van der Waals surface area (Å²) in [5.74, 6) is -1.37. The molecule has 6 nitrogen and oxygen atoms in total. The zero-order valence-corrected chi connectivity index (χ0v) is 13.2. The van der Waals surface area contributed by atoms with Crippen molar-refractivity contribution in [2.45, 2.75) is 10.8 Å². The van der Waals surface area contributed by atoms with Crippen molar-refractivity contribution in [2.75, 3.05) is 7.05 Å². The molecule has 0 aliphatic heterocycles. The van der Waals surface area contributed by atoms with Crippen molar-refractivity contribution in [3.05, 3.63) is 46.1 Å². The summed E-state index contributed by atoms with van der Waals surface area (Å²) in [6.07, 6.45) is 0. The molecule has 1 N–H and O–H groups in total. The molecular weight excluding hydrogens is 336 g/mol. The Balaban J connectivity index is 2.28. The van der Waals surface area contributed by atoms with Crippen molar-refractivity contribution in [1.29, 1.82) is 0 Å². The summed E-state index contributed by atoms with van der Waals surface area (Å²) in [6, 6.07) is 6.73. The minimum atomic E-state index is -3.90. The molecule has 2 rings (SSSR count). The number of carboxylic acid groups (broad SMARTS) is 1. The number of benzene rings is 1. The Morgan fingerprint density at radius 1 is 1.38 bits per heavy atom. The van der Waals surface area contributed by atoms with Crippen LogP contribution < -0.4 is 0 Å². The van der Waals surface area contributed by atoms with Crippen LogP contribution in [-0.4, -0.2) is 35.8 Å². The summed E-state index contributed by atoms with van der Waals surface area (Å²) in [7, 11) is -2.52. The van der Waals surface area contributed by atoms with Crippen molar-refractivity contribution in [2.24, 2.45) is 0 Å². The fraction of sp³-hybridized carbons (Fsp3) is 0.167. The maximum atomic E-state index is 12.4. The van der Waals surface area contributed by atoms with Gasteiger partial charge in [-0.1, -0.05) is 23.7 Å². The van der Waals surface area contributed by atoms with E-state index in [-0.39, 0.29) is 10.8 Å². The molecule has 0 radical (unpaired) electrons. The van der Waals surface area contributed by atoms with Crippen LogP contribution in [0.2, 0.25) is 5.02 Å². The van der Waals surface area contributed by atoms with Gasteiger partial charge in [-0.25, -0.2) is 18.2 Å². The van der Waals surface area contributed by atoms with Crippen LogP contribution in [-0.2, 0) is 16.6 Å². The second-order valence-electron chi connectivity index (χ2n) is 4.18.